The quantitative estimate of drug-likeness (QED) is 0.120. The highest BCUT2D eigenvalue weighted by Gasteiger charge is 2.20. The Morgan fingerprint density at radius 3 is 2.60 bits per heavy atom. The van der Waals surface area contributed by atoms with Crippen LogP contribution in [0.3, 0.4) is 0 Å². The number of amides is 1. The third-order valence-electron chi connectivity index (χ3n) is 4.71. The van der Waals surface area contributed by atoms with Gasteiger partial charge in [0.2, 0.25) is 0 Å². The highest BCUT2D eigenvalue weighted by molar-refractivity contribution is 9.10. The number of nitrogens with one attached hydrogen (secondary N) is 1. The van der Waals surface area contributed by atoms with E-state index in [4.69, 9.17) is 25.8 Å². The highest BCUT2D eigenvalue weighted by atomic mass is 79.9. The molecule has 0 atom stereocenters. The average molecular weight is 574 g/mol. The molecule has 0 radical (unpaired) electrons. The number of thiophene rings is 1. The summed E-state index contributed by atoms with van der Waals surface area (Å²) in [5.41, 5.74) is 3.02. The molecule has 7 nitrogen and oxygen atoms in total. The first kappa shape index (κ1) is 24.7. The van der Waals surface area contributed by atoms with Crippen molar-refractivity contribution < 1.29 is 23.8 Å². The second kappa shape index (κ2) is 11.4. The van der Waals surface area contributed by atoms with Gasteiger partial charge in [0.1, 0.15) is 10.6 Å². The maximum absolute atomic E-state index is 12.7. The van der Waals surface area contributed by atoms with E-state index in [0.717, 1.165) is 14.6 Å². The summed E-state index contributed by atoms with van der Waals surface area (Å²) in [5.74, 6) is 0.110. The molecular formula is C25H18BrClN2O5S. The van der Waals surface area contributed by atoms with Crippen molar-refractivity contribution in [1.29, 1.82) is 0 Å². The summed E-state index contributed by atoms with van der Waals surface area (Å²) in [5, 5.41) is 5.09. The normalized spacial score (nSPS) is 10.9. The van der Waals surface area contributed by atoms with Crippen LogP contribution in [0, 0.1) is 0 Å². The van der Waals surface area contributed by atoms with E-state index in [1.807, 2.05) is 42.5 Å². The van der Waals surface area contributed by atoms with Crippen LogP contribution < -0.4 is 19.6 Å². The molecule has 0 aliphatic heterocycles. The van der Waals surface area contributed by atoms with Gasteiger partial charge >= 0.3 is 5.97 Å². The summed E-state index contributed by atoms with van der Waals surface area (Å²) in [4.78, 5) is 25.0. The number of nitrogens with zero attached hydrogens (tertiary/aromatic N) is 1. The van der Waals surface area contributed by atoms with Crippen molar-refractivity contribution in [3.05, 3.63) is 86.7 Å². The largest absolute Gasteiger partial charge is 0.493 e. The number of hydrogen-bond acceptors (Lipinski definition) is 7. The molecule has 1 heterocycles. The zero-order valence-corrected chi connectivity index (χ0v) is 21.4. The molecule has 4 aromatic rings. The summed E-state index contributed by atoms with van der Waals surface area (Å²) in [6.45, 7) is -0.196. The van der Waals surface area contributed by atoms with E-state index in [2.05, 4.69) is 26.5 Å². The Kier molecular flexibility index (Phi) is 8.02. The van der Waals surface area contributed by atoms with Gasteiger partial charge in [-0.1, -0.05) is 41.9 Å². The fourth-order valence-electron chi connectivity index (χ4n) is 3.06. The van der Waals surface area contributed by atoms with Crippen molar-refractivity contribution in [2.75, 3.05) is 13.7 Å². The Morgan fingerprint density at radius 1 is 1.06 bits per heavy atom. The van der Waals surface area contributed by atoms with Crippen LogP contribution >= 0.6 is 38.9 Å². The minimum atomic E-state index is -0.576. The average Bonchev–Trinajstić information content (AvgIpc) is 3.21. The van der Waals surface area contributed by atoms with Crippen molar-refractivity contribution in [2.45, 2.75) is 0 Å². The van der Waals surface area contributed by atoms with Crippen LogP contribution in [0.2, 0.25) is 5.02 Å². The number of carbonyl (C=O) groups excluding carboxylic acids is 2. The van der Waals surface area contributed by atoms with E-state index in [1.54, 1.807) is 24.3 Å². The lowest BCUT2D eigenvalue weighted by molar-refractivity contribution is -0.123. The van der Waals surface area contributed by atoms with Crippen molar-refractivity contribution in [1.82, 2.24) is 5.43 Å². The second-order valence-electron chi connectivity index (χ2n) is 7.05. The third kappa shape index (κ3) is 6.00. The molecule has 1 N–H and O–H groups in total. The van der Waals surface area contributed by atoms with Crippen molar-refractivity contribution >= 4 is 67.0 Å². The molecule has 0 fully saturated rings. The molecule has 0 bridgehead atoms. The predicted molar refractivity (Wildman–Crippen MR) is 140 cm³/mol. The van der Waals surface area contributed by atoms with E-state index < -0.39 is 11.9 Å². The van der Waals surface area contributed by atoms with Gasteiger partial charge in [-0.15, -0.1) is 11.3 Å². The Bertz CT molecular complexity index is 1420. The molecule has 0 saturated carbocycles. The molecule has 0 unspecified atom stereocenters. The maximum Gasteiger partial charge on any atom is 0.355 e. The van der Waals surface area contributed by atoms with Crippen molar-refractivity contribution in [3.8, 4) is 17.2 Å². The molecule has 4 rings (SSSR count). The number of benzene rings is 3. The number of fused-ring (bicyclic) bond motifs is 1. The Hall–Kier alpha value is -3.40. The smallest absolute Gasteiger partial charge is 0.355 e. The van der Waals surface area contributed by atoms with Gasteiger partial charge in [0.15, 0.2) is 18.1 Å². The summed E-state index contributed by atoms with van der Waals surface area (Å²) in [6.07, 6.45) is 1.44. The zero-order chi connectivity index (χ0) is 24.8. The van der Waals surface area contributed by atoms with Crippen LogP contribution in [0.25, 0.3) is 10.1 Å². The van der Waals surface area contributed by atoms with Crippen LogP contribution in [-0.4, -0.2) is 31.8 Å². The molecule has 0 aliphatic rings. The van der Waals surface area contributed by atoms with Crippen LogP contribution in [0.5, 0.6) is 17.2 Å². The molecule has 0 saturated heterocycles. The Morgan fingerprint density at radius 2 is 1.83 bits per heavy atom. The minimum Gasteiger partial charge on any atom is -0.493 e. The first-order valence-electron chi connectivity index (χ1n) is 10.2. The highest BCUT2D eigenvalue weighted by Crippen LogP contribution is 2.37. The topological polar surface area (TPSA) is 86.2 Å². The zero-order valence-electron chi connectivity index (χ0n) is 18.3. The number of hydrogen-bond donors (Lipinski definition) is 1. The third-order valence-corrected chi connectivity index (χ3v) is 7.02. The van der Waals surface area contributed by atoms with E-state index in [0.29, 0.717) is 27.0 Å². The van der Waals surface area contributed by atoms with Crippen LogP contribution in [-0.2, 0) is 4.79 Å². The predicted octanol–water partition coefficient (Wildman–Crippen LogP) is 6.07. The number of methoxy groups -OCH3 is 1. The number of rotatable bonds is 8. The van der Waals surface area contributed by atoms with Crippen LogP contribution in [0.15, 0.2) is 76.3 Å². The molecule has 3 aromatic carbocycles. The first-order chi connectivity index (χ1) is 17.0. The van der Waals surface area contributed by atoms with Gasteiger partial charge in [-0.25, -0.2) is 10.2 Å². The number of carbonyl (C=O) groups is 2. The molecule has 35 heavy (non-hydrogen) atoms. The fraction of sp³-hybridized carbons (Fsp3) is 0.0800. The Labute approximate surface area is 218 Å². The number of para-hydroxylation sites is 1. The van der Waals surface area contributed by atoms with E-state index >= 15 is 0 Å². The van der Waals surface area contributed by atoms with Gasteiger partial charge < -0.3 is 14.2 Å². The van der Waals surface area contributed by atoms with Gasteiger partial charge in [-0.2, -0.15) is 5.10 Å². The number of hydrazone groups is 1. The summed E-state index contributed by atoms with van der Waals surface area (Å²) in [6, 6.07) is 19.6. The molecule has 178 valence electrons. The molecular weight excluding hydrogens is 556 g/mol. The van der Waals surface area contributed by atoms with Crippen molar-refractivity contribution in [3.63, 3.8) is 0 Å². The van der Waals surface area contributed by atoms with Crippen LogP contribution in [0.1, 0.15) is 15.2 Å². The fourth-order valence-corrected chi connectivity index (χ4v) is 4.84. The lowest BCUT2D eigenvalue weighted by atomic mass is 10.2. The SMILES string of the molecule is COc1cc(/C=N/NC(=O)COc2ccccc2Br)ccc1OC(=O)c1sc2ccccc2c1Cl. The lowest BCUT2D eigenvalue weighted by Crippen LogP contribution is -2.24. The number of ether oxygens (including phenoxy) is 3. The Balaban J connectivity index is 1.38. The summed E-state index contributed by atoms with van der Waals surface area (Å²) < 4.78 is 18.0. The standard InChI is InChI=1S/C25H18BrClN2O5S/c1-32-20-12-15(13-28-29-22(30)14-33-18-8-4-3-7-17(18)26)10-11-19(20)34-25(31)24-23(27)16-6-2-5-9-21(16)35-24/h2-13H,14H2,1H3,(H,29,30)/b28-13+. The number of halogens is 2. The minimum absolute atomic E-state index is 0.196. The van der Waals surface area contributed by atoms with E-state index in [-0.39, 0.29) is 12.4 Å². The molecule has 0 aliphatic carbocycles. The summed E-state index contributed by atoms with van der Waals surface area (Å²) in [7, 11) is 1.46. The van der Waals surface area contributed by atoms with Gasteiger partial charge in [0.25, 0.3) is 5.91 Å². The van der Waals surface area contributed by atoms with E-state index in [1.165, 1.54) is 24.7 Å². The maximum atomic E-state index is 12.7. The van der Waals surface area contributed by atoms with Gasteiger partial charge in [0, 0.05) is 10.1 Å². The summed E-state index contributed by atoms with van der Waals surface area (Å²) >= 11 is 11.0. The lowest BCUT2D eigenvalue weighted by Gasteiger charge is -2.09. The van der Waals surface area contributed by atoms with E-state index in [9.17, 15) is 9.59 Å². The number of esters is 1. The van der Waals surface area contributed by atoms with Gasteiger partial charge in [-0.3, -0.25) is 4.79 Å². The van der Waals surface area contributed by atoms with Gasteiger partial charge in [-0.05, 0) is 57.9 Å². The molecule has 1 amide bonds. The van der Waals surface area contributed by atoms with Crippen LogP contribution in [0.4, 0.5) is 0 Å². The first-order valence-corrected chi connectivity index (χ1v) is 12.2. The van der Waals surface area contributed by atoms with Gasteiger partial charge in [0.05, 0.1) is 22.8 Å². The molecule has 10 heteroatoms. The second-order valence-corrected chi connectivity index (χ2v) is 9.34. The monoisotopic (exact) mass is 572 g/mol. The van der Waals surface area contributed by atoms with Crippen molar-refractivity contribution in [2.24, 2.45) is 5.10 Å². The molecule has 0 spiro atoms. The molecule has 1 aromatic heterocycles.